The summed E-state index contributed by atoms with van der Waals surface area (Å²) in [6, 6.07) is 11.8. The van der Waals surface area contributed by atoms with E-state index in [2.05, 4.69) is 28.4 Å². The zero-order valence-corrected chi connectivity index (χ0v) is 17.9. The van der Waals surface area contributed by atoms with E-state index in [0.717, 1.165) is 26.5 Å². The van der Waals surface area contributed by atoms with Gasteiger partial charge in [-0.25, -0.2) is 4.79 Å². The van der Waals surface area contributed by atoms with Gasteiger partial charge in [-0.2, -0.15) is 0 Å². The van der Waals surface area contributed by atoms with Gasteiger partial charge in [-0.15, -0.1) is 6.42 Å². The standard InChI is InChI=1S/C24H24NO3S/c1-6-20-8-7-13-29(20)21-14-17(2)23(18(3)15-21)27-16-22(26)28-24(4,5)19-9-11-25-12-10-19/h1,7-15H,16H2,2-5H3/q+1. The van der Waals surface area contributed by atoms with E-state index in [4.69, 9.17) is 15.9 Å². The summed E-state index contributed by atoms with van der Waals surface area (Å²) in [5.74, 6) is 3.03. The molecule has 1 aromatic carbocycles. The second-order valence-corrected chi connectivity index (χ2v) is 9.10. The number of nitrogens with zero attached hydrogens (tertiary/aromatic N) is 1. The normalized spacial score (nSPS) is 11.6. The predicted molar refractivity (Wildman–Crippen MR) is 117 cm³/mol. The van der Waals surface area contributed by atoms with Crippen LogP contribution in [0.3, 0.4) is 0 Å². The number of hydrogen-bond donors (Lipinski definition) is 0. The molecule has 0 bridgehead atoms. The van der Waals surface area contributed by atoms with Crippen molar-refractivity contribution in [1.29, 1.82) is 0 Å². The lowest BCUT2D eigenvalue weighted by Crippen LogP contribution is -2.28. The van der Waals surface area contributed by atoms with E-state index in [0.29, 0.717) is 5.75 Å². The molecule has 2 aromatic heterocycles. The number of aromatic nitrogens is 1. The van der Waals surface area contributed by atoms with Gasteiger partial charge < -0.3 is 9.47 Å². The van der Waals surface area contributed by atoms with Crippen LogP contribution in [0.4, 0.5) is 0 Å². The molecule has 0 N–H and O–H groups in total. The predicted octanol–water partition coefficient (Wildman–Crippen LogP) is 5.28. The molecule has 0 aliphatic rings. The van der Waals surface area contributed by atoms with Crippen molar-refractivity contribution in [1.82, 2.24) is 4.98 Å². The number of carbonyl (C=O) groups is 1. The lowest BCUT2D eigenvalue weighted by Gasteiger charge is -2.25. The average Bonchev–Trinajstić information content (AvgIpc) is 3.16. The van der Waals surface area contributed by atoms with Crippen molar-refractivity contribution in [3.05, 3.63) is 75.7 Å². The van der Waals surface area contributed by atoms with Crippen LogP contribution in [0.2, 0.25) is 0 Å². The van der Waals surface area contributed by atoms with E-state index in [1.807, 2.05) is 52.0 Å². The van der Waals surface area contributed by atoms with Crippen molar-refractivity contribution in [3.8, 4) is 23.0 Å². The zero-order valence-electron chi connectivity index (χ0n) is 17.1. The summed E-state index contributed by atoms with van der Waals surface area (Å²) in [7, 11) is -0.212. The molecule has 2 heterocycles. The minimum Gasteiger partial charge on any atom is -0.481 e. The second kappa shape index (κ2) is 8.50. The average molecular weight is 407 g/mol. The van der Waals surface area contributed by atoms with Gasteiger partial charge in [0, 0.05) is 41.1 Å². The smallest absolute Gasteiger partial charge is 0.345 e. The summed E-state index contributed by atoms with van der Waals surface area (Å²) in [6.45, 7) is 7.48. The van der Waals surface area contributed by atoms with Crippen LogP contribution < -0.4 is 4.74 Å². The first-order valence-corrected chi connectivity index (χ1v) is 10.5. The maximum atomic E-state index is 12.4. The molecule has 0 aliphatic heterocycles. The Labute approximate surface area is 174 Å². The Kier molecular flexibility index (Phi) is 6.05. The summed E-state index contributed by atoms with van der Waals surface area (Å²) in [4.78, 5) is 18.5. The zero-order chi connectivity index (χ0) is 21.0. The molecule has 0 fully saturated rings. The Balaban J connectivity index is 1.71. The third-order valence-corrected chi connectivity index (χ3v) is 6.51. The highest BCUT2D eigenvalue weighted by molar-refractivity contribution is 7.38. The number of hydrogen-bond acceptors (Lipinski definition) is 4. The van der Waals surface area contributed by atoms with Gasteiger partial charge in [0.05, 0.1) is 0 Å². The number of thiophene rings is 1. The Morgan fingerprint density at radius 2 is 1.83 bits per heavy atom. The molecule has 0 saturated heterocycles. The van der Waals surface area contributed by atoms with Crippen molar-refractivity contribution in [2.75, 3.05) is 6.61 Å². The number of carbonyl (C=O) groups excluding carboxylic acids is 1. The Morgan fingerprint density at radius 1 is 1.17 bits per heavy atom. The van der Waals surface area contributed by atoms with Gasteiger partial charge in [0.1, 0.15) is 16.7 Å². The largest absolute Gasteiger partial charge is 0.481 e. The molecule has 29 heavy (non-hydrogen) atoms. The van der Waals surface area contributed by atoms with Crippen LogP contribution in [0.15, 0.2) is 54.2 Å². The van der Waals surface area contributed by atoms with E-state index in [1.165, 1.54) is 0 Å². The van der Waals surface area contributed by atoms with Crippen LogP contribution in [0.1, 0.15) is 35.4 Å². The molecular weight excluding hydrogens is 382 g/mol. The highest BCUT2D eigenvalue weighted by atomic mass is 32.2. The van der Waals surface area contributed by atoms with Crippen LogP contribution in [-0.4, -0.2) is 17.6 Å². The van der Waals surface area contributed by atoms with Crippen molar-refractivity contribution >= 4 is 16.4 Å². The Hall–Kier alpha value is -3.10. The Bertz CT molecular complexity index is 1040. The van der Waals surface area contributed by atoms with Crippen molar-refractivity contribution in [3.63, 3.8) is 0 Å². The maximum Gasteiger partial charge on any atom is 0.345 e. The van der Waals surface area contributed by atoms with Gasteiger partial charge in [0.15, 0.2) is 11.5 Å². The maximum absolute atomic E-state index is 12.4. The molecule has 0 spiro atoms. The quantitative estimate of drug-likeness (QED) is 0.318. The van der Waals surface area contributed by atoms with Crippen molar-refractivity contribution < 1.29 is 14.3 Å². The molecule has 5 heteroatoms. The summed E-state index contributed by atoms with van der Waals surface area (Å²) in [5.41, 5.74) is 2.04. The number of rotatable bonds is 6. The van der Waals surface area contributed by atoms with E-state index in [-0.39, 0.29) is 17.1 Å². The molecule has 3 rings (SSSR count). The third-order valence-electron chi connectivity index (χ3n) is 4.61. The monoisotopic (exact) mass is 406 g/mol. The lowest BCUT2D eigenvalue weighted by atomic mass is 9.99. The number of esters is 1. The molecule has 3 aromatic rings. The first-order valence-electron chi connectivity index (χ1n) is 9.26. The van der Waals surface area contributed by atoms with Gasteiger partial charge in [-0.3, -0.25) is 4.98 Å². The fourth-order valence-corrected chi connectivity index (χ4v) is 4.94. The number of ether oxygens (including phenoxy) is 2. The summed E-state index contributed by atoms with van der Waals surface area (Å²) >= 11 is 0. The molecule has 4 nitrogen and oxygen atoms in total. The summed E-state index contributed by atoms with van der Waals surface area (Å²) < 4.78 is 11.5. The minimum atomic E-state index is -0.759. The molecule has 0 aliphatic carbocycles. The minimum absolute atomic E-state index is 0.156. The first-order chi connectivity index (χ1) is 13.8. The number of pyridine rings is 1. The number of benzene rings is 1. The molecule has 148 valence electrons. The van der Waals surface area contributed by atoms with Crippen LogP contribution in [0.5, 0.6) is 5.75 Å². The summed E-state index contributed by atoms with van der Waals surface area (Å²) in [5, 5.41) is 2.11. The highest BCUT2D eigenvalue weighted by Gasteiger charge is 2.26. The topological polar surface area (TPSA) is 48.4 Å². The molecular formula is C24H24NO3S+. The van der Waals surface area contributed by atoms with Gasteiger partial charge in [-0.1, -0.05) is 0 Å². The molecule has 0 saturated carbocycles. The molecule has 1 atom stereocenters. The number of terminal acetylenes is 1. The van der Waals surface area contributed by atoms with E-state index >= 15 is 0 Å². The van der Waals surface area contributed by atoms with Gasteiger partial charge in [0.25, 0.3) is 0 Å². The highest BCUT2D eigenvalue weighted by Crippen LogP contribution is 2.38. The lowest BCUT2D eigenvalue weighted by molar-refractivity contribution is -0.159. The van der Waals surface area contributed by atoms with Gasteiger partial charge in [0.2, 0.25) is 4.88 Å². The van der Waals surface area contributed by atoms with Crippen LogP contribution in [0, 0.1) is 26.2 Å². The van der Waals surface area contributed by atoms with Crippen LogP contribution >= 0.6 is 10.5 Å². The van der Waals surface area contributed by atoms with Gasteiger partial charge in [-0.05, 0) is 68.5 Å². The van der Waals surface area contributed by atoms with E-state index in [1.54, 1.807) is 12.4 Å². The first kappa shape index (κ1) is 20.6. The third kappa shape index (κ3) is 4.67. The molecule has 0 radical (unpaired) electrons. The second-order valence-electron chi connectivity index (χ2n) is 7.24. The van der Waals surface area contributed by atoms with Crippen molar-refractivity contribution in [2.45, 2.75) is 33.3 Å². The molecule has 1 unspecified atom stereocenters. The van der Waals surface area contributed by atoms with Gasteiger partial charge >= 0.3 is 5.97 Å². The van der Waals surface area contributed by atoms with Crippen LogP contribution in [-0.2, 0) is 15.1 Å². The van der Waals surface area contributed by atoms with E-state index < -0.39 is 11.6 Å². The Morgan fingerprint density at radius 3 is 2.45 bits per heavy atom. The summed E-state index contributed by atoms with van der Waals surface area (Å²) in [6.07, 6.45) is 8.96. The SMILES string of the molecule is C#Cc1ccc[s+]1-c1cc(C)c(OCC(=O)OC(C)(C)c2ccncc2)c(C)c1. The number of aryl methyl sites for hydroxylation is 2. The van der Waals surface area contributed by atoms with Crippen LogP contribution in [0.25, 0.3) is 4.90 Å². The molecule has 0 amide bonds. The van der Waals surface area contributed by atoms with Crippen molar-refractivity contribution in [2.24, 2.45) is 0 Å². The fourth-order valence-electron chi connectivity index (χ4n) is 3.19. The fraction of sp³-hybridized carbons (Fsp3) is 0.250. The van der Waals surface area contributed by atoms with E-state index in [9.17, 15) is 4.79 Å².